The smallest absolute Gasteiger partial charge is 0.341 e. The second-order valence-electron chi connectivity index (χ2n) is 3.80. The van der Waals surface area contributed by atoms with E-state index in [9.17, 15) is 14.7 Å². The lowest BCUT2D eigenvalue weighted by Gasteiger charge is -2.08. The number of benzene rings is 1. The highest BCUT2D eigenvalue weighted by molar-refractivity contribution is 6.11. The van der Waals surface area contributed by atoms with E-state index in [-0.39, 0.29) is 23.2 Å². The van der Waals surface area contributed by atoms with Gasteiger partial charge in [-0.3, -0.25) is 9.78 Å². The van der Waals surface area contributed by atoms with Crippen LogP contribution in [-0.4, -0.2) is 26.9 Å². The van der Waals surface area contributed by atoms with Crippen LogP contribution in [0.15, 0.2) is 24.4 Å². The molecule has 0 radical (unpaired) electrons. The molecular weight excluding hydrogens is 234 g/mol. The van der Waals surface area contributed by atoms with Crippen LogP contribution in [0.1, 0.15) is 34.1 Å². The van der Waals surface area contributed by atoms with E-state index in [0.29, 0.717) is 11.1 Å². The SMILES string of the molecule is CCC(=O)c1cccc2ncc(C(=O)O)c(O)c12. The Hall–Kier alpha value is -2.43. The number of hydrogen-bond acceptors (Lipinski definition) is 4. The van der Waals surface area contributed by atoms with E-state index < -0.39 is 11.7 Å². The van der Waals surface area contributed by atoms with Gasteiger partial charge in [-0.05, 0) is 6.07 Å². The Kier molecular flexibility index (Phi) is 2.97. The van der Waals surface area contributed by atoms with Crippen molar-refractivity contribution in [2.45, 2.75) is 13.3 Å². The number of aromatic hydroxyl groups is 1. The summed E-state index contributed by atoms with van der Waals surface area (Å²) < 4.78 is 0. The Morgan fingerprint density at radius 2 is 2.00 bits per heavy atom. The van der Waals surface area contributed by atoms with Crippen LogP contribution >= 0.6 is 0 Å². The molecule has 0 unspecified atom stereocenters. The predicted molar refractivity (Wildman–Crippen MR) is 65.0 cm³/mol. The quantitative estimate of drug-likeness (QED) is 0.809. The normalized spacial score (nSPS) is 10.5. The van der Waals surface area contributed by atoms with Gasteiger partial charge in [0.25, 0.3) is 0 Å². The molecule has 0 amide bonds. The fourth-order valence-electron chi connectivity index (χ4n) is 1.81. The standard InChI is InChI=1S/C13H11NO4/c1-2-10(15)7-4-3-5-9-11(7)12(16)8(6-14-9)13(17)18/h3-6H,2H2,1H3,(H,14,16)(H,17,18). The van der Waals surface area contributed by atoms with Crippen LogP contribution in [-0.2, 0) is 0 Å². The number of hydrogen-bond donors (Lipinski definition) is 2. The van der Waals surface area contributed by atoms with Gasteiger partial charge in [-0.2, -0.15) is 0 Å². The monoisotopic (exact) mass is 245 g/mol. The van der Waals surface area contributed by atoms with Gasteiger partial charge in [-0.1, -0.05) is 19.1 Å². The van der Waals surface area contributed by atoms with E-state index in [2.05, 4.69) is 4.98 Å². The van der Waals surface area contributed by atoms with Gasteiger partial charge in [0.05, 0.1) is 10.9 Å². The van der Waals surface area contributed by atoms with Crippen molar-refractivity contribution in [3.8, 4) is 5.75 Å². The lowest BCUT2D eigenvalue weighted by molar-refractivity contribution is 0.0693. The van der Waals surface area contributed by atoms with Crippen molar-refractivity contribution in [1.82, 2.24) is 4.98 Å². The molecule has 0 saturated carbocycles. The highest BCUT2D eigenvalue weighted by Crippen LogP contribution is 2.30. The van der Waals surface area contributed by atoms with E-state index in [0.717, 1.165) is 6.20 Å². The molecule has 5 nitrogen and oxygen atoms in total. The van der Waals surface area contributed by atoms with Gasteiger partial charge in [0.1, 0.15) is 11.3 Å². The minimum atomic E-state index is -1.28. The molecule has 1 heterocycles. The van der Waals surface area contributed by atoms with Gasteiger partial charge in [-0.25, -0.2) is 4.79 Å². The van der Waals surface area contributed by atoms with Crippen molar-refractivity contribution in [1.29, 1.82) is 0 Å². The Labute approximate surface area is 103 Å². The molecule has 0 atom stereocenters. The molecule has 0 aliphatic carbocycles. The van der Waals surface area contributed by atoms with E-state index >= 15 is 0 Å². The maximum absolute atomic E-state index is 11.8. The molecule has 1 aromatic carbocycles. The third-order valence-corrected chi connectivity index (χ3v) is 2.72. The first-order chi connectivity index (χ1) is 8.56. The van der Waals surface area contributed by atoms with Crippen LogP contribution in [0.4, 0.5) is 0 Å². The lowest BCUT2D eigenvalue weighted by atomic mass is 10.0. The van der Waals surface area contributed by atoms with Crippen molar-refractivity contribution < 1.29 is 19.8 Å². The van der Waals surface area contributed by atoms with Crippen molar-refractivity contribution in [3.63, 3.8) is 0 Å². The molecule has 1 aromatic heterocycles. The molecular formula is C13H11NO4. The number of aromatic carboxylic acids is 1. The Morgan fingerprint density at radius 1 is 1.28 bits per heavy atom. The van der Waals surface area contributed by atoms with Crippen LogP contribution < -0.4 is 0 Å². The maximum Gasteiger partial charge on any atom is 0.341 e. The first-order valence-corrected chi connectivity index (χ1v) is 5.43. The number of aromatic nitrogens is 1. The molecule has 2 aromatic rings. The lowest BCUT2D eigenvalue weighted by Crippen LogP contribution is -2.02. The van der Waals surface area contributed by atoms with Gasteiger partial charge in [0, 0.05) is 18.2 Å². The Morgan fingerprint density at radius 3 is 2.61 bits per heavy atom. The van der Waals surface area contributed by atoms with Crippen LogP contribution in [0.3, 0.4) is 0 Å². The number of pyridine rings is 1. The van der Waals surface area contributed by atoms with Crippen molar-refractivity contribution in [2.75, 3.05) is 0 Å². The van der Waals surface area contributed by atoms with Crippen molar-refractivity contribution in [2.24, 2.45) is 0 Å². The predicted octanol–water partition coefficient (Wildman–Crippen LogP) is 2.23. The summed E-state index contributed by atoms with van der Waals surface area (Å²) in [5.74, 6) is -1.86. The average molecular weight is 245 g/mol. The number of rotatable bonds is 3. The topological polar surface area (TPSA) is 87.5 Å². The highest BCUT2D eigenvalue weighted by Gasteiger charge is 2.18. The third-order valence-electron chi connectivity index (χ3n) is 2.72. The van der Waals surface area contributed by atoms with Crippen molar-refractivity contribution >= 4 is 22.7 Å². The number of nitrogens with zero attached hydrogens (tertiary/aromatic N) is 1. The summed E-state index contributed by atoms with van der Waals surface area (Å²) in [6.07, 6.45) is 1.36. The first-order valence-electron chi connectivity index (χ1n) is 5.43. The molecule has 5 heteroatoms. The van der Waals surface area contributed by atoms with Gasteiger partial charge >= 0.3 is 5.97 Å². The zero-order valence-electron chi connectivity index (χ0n) is 9.67. The number of Topliss-reactive ketones (excluding diaryl/α,β-unsaturated/α-hetero) is 1. The van der Waals surface area contributed by atoms with Gasteiger partial charge in [-0.15, -0.1) is 0 Å². The summed E-state index contributed by atoms with van der Waals surface area (Å²) in [5, 5.41) is 19.1. The number of fused-ring (bicyclic) bond motifs is 1. The summed E-state index contributed by atoms with van der Waals surface area (Å²) in [4.78, 5) is 26.7. The van der Waals surface area contributed by atoms with Crippen LogP contribution in [0, 0.1) is 0 Å². The first kappa shape index (κ1) is 12.0. The zero-order valence-corrected chi connectivity index (χ0v) is 9.67. The van der Waals surface area contributed by atoms with Gasteiger partial charge in [0.2, 0.25) is 0 Å². The summed E-state index contributed by atoms with van der Waals surface area (Å²) >= 11 is 0. The average Bonchev–Trinajstić information content (AvgIpc) is 2.37. The second-order valence-corrected chi connectivity index (χ2v) is 3.80. The fraction of sp³-hybridized carbons (Fsp3) is 0.154. The zero-order chi connectivity index (χ0) is 13.3. The molecule has 0 aliphatic heterocycles. The minimum absolute atomic E-state index is 0.166. The van der Waals surface area contributed by atoms with E-state index in [4.69, 9.17) is 5.11 Å². The highest BCUT2D eigenvalue weighted by atomic mass is 16.4. The number of carbonyl (C=O) groups excluding carboxylic acids is 1. The van der Waals surface area contributed by atoms with Crippen LogP contribution in [0.25, 0.3) is 10.9 Å². The molecule has 0 spiro atoms. The summed E-state index contributed by atoms with van der Waals surface area (Å²) in [6, 6.07) is 4.83. The van der Waals surface area contributed by atoms with Crippen LogP contribution in [0.2, 0.25) is 0 Å². The van der Waals surface area contributed by atoms with Gasteiger partial charge in [0.15, 0.2) is 5.78 Å². The second kappa shape index (κ2) is 4.44. The fourth-order valence-corrected chi connectivity index (χ4v) is 1.81. The number of carboxylic acid groups (broad SMARTS) is 1. The third kappa shape index (κ3) is 1.79. The van der Waals surface area contributed by atoms with Gasteiger partial charge < -0.3 is 10.2 Å². The molecule has 0 saturated heterocycles. The van der Waals surface area contributed by atoms with E-state index in [1.807, 2.05) is 0 Å². The minimum Gasteiger partial charge on any atom is -0.506 e. The summed E-state index contributed by atoms with van der Waals surface area (Å²) in [7, 11) is 0. The molecule has 0 fully saturated rings. The molecule has 92 valence electrons. The Bertz CT molecular complexity index is 649. The number of ketones is 1. The van der Waals surface area contributed by atoms with E-state index in [1.165, 1.54) is 0 Å². The molecule has 2 rings (SSSR count). The number of carbonyl (C=O) groups is 2. The molecule has 0 aliphatic rings. The molecule has 0 bridgehead atoms. The Balaban J connectivity index is 2.85. The molecule has 18 heavy (non-hydrogen) atoms. The van der Waals surface area contributed by atoms with Crippen molar-refractivity contribution in [3.05, 3.63) is 35.5 Å². The summed E-state index contributed by atoms with van der Waals surface area (Å²) in [5.41, 5.74) is 0.388. The largest absolute Gasteiger partial charge is 0.506 e. The summed E-state index contributed by atoms with van der Waals surface area (Å²) in [6.45, 7) is 1.70. The van der Waals surface area contributed by atoms with Crippen LogP contribution in [0.5, 0.6) is 5.75 Å². The van der Waals surface area contributed by atoms with E-state index in [1.54, 1.807) is 25.1 Å². The number of carboxylic acids is 1. The molecule has 2 N–H and O–H groups in total. The maximum atomic E-state index is 11.8.